The number of anilines is 1. The fraction of sp³-hybridized carbons (Fsp3) is 0.462. The predicted octanol–water partition coefficient (Wildman–Crippen LogP) is 2.01. The van der Waals surface area contributed by atoms with Gasteiger partial charge in [0.25, 0.3) is 5.69 Å². The molecule has 1 aliphatic rings. The zero-order valence-corrected chi connectivity index (χ0v) is 12.4. The minimum Gasteiger partial charge on any atom is -0.467 e. The lowest BCUT2D eigenvalue weighted by Crippen LogP contribution is -2.50. The third-order valence-corrected chi connectivity index (χ3v) is 3.43. The highest BCUT2D eigenvalue weighted by molar-refractivity contribution is 6.30. The van der Waals surface area contributed by atoms with Crippen LogP contribution in [-0.2, 0) is 14.3 Å². The fourth-order valence-electron chi connectivity index (χ4n) is 2.32. The second-order valence-corrected chi connectivity index (χ2v) is 5.19. The summed E-state index contributed by atoms with van der Waals surface area (Å²) in [6.07, 6.45) is -1.02. The molecule has 0 spiro atoms. The monoisotopic (exact) mass is 314 g/mol. The second-order valence-electron chi connectivity index (χ2n) is 4.75. The normalized spacial score (nSPS) is 22.0. The maximum atomic E-state index is 11.6. The molecule has 8 heteroatoms. The summed E-state index contributed by atoms with van der Waals surface area (Å²) in [4.78, 5) is 24.0. The first-order chi connectivity index (χ1) is 9.92. The first-order valence-corrected chi connectivity index (χ1v) is 6.72. The SMILES string of the molecule is COC(=O)C1CN(c2ccc(Cl)cc2[N+](=O)[O-])C[C@@H](C)O1. The van der Waals surface area contributed by atoms with Gasteiger partial charge in [0.1, 0.15) is 5.69 Å². The Labute approximate surface area is 126 Å². The predicted molar refractivity (Wildman–Crippen MR) is 76.7 cm³/mol. The van der Waals surface area contributed by atoms with Crippen LogP contribution in [0.4, 0.5) is 11.4 Å². The van der Waals surface area contributed by atoms with Crippen LogP contribution in [0.3, 0.4) is 0 Å². The molecule has 1 heterocycles. The highest BCUT2D eigenvalue weighted by Crippen LogP contribution is 2.32. The lowest BCUT2D eigenvalue weighted by Gasteiger charge is -2.36. The largest absolute Gasteiger partial charge is 0.467 e. The van der Waals surface area contributed by atoms with E-state index in [1.54, 1.807) is 24.0 Å². The molecule has 114 valence electrons. The van der Waals surface area contributed by atoms with Crippen LogP contribution in [0.25, 0.3) is 0 Å². The molecule has 0 radical (unpaired) electrons. The Morgan fingerprint density at radius 2 is 2.24 bits per heavy atom. The molecule has 0 amide bonds. The third-order valence-electron chi connectivity index (χ3n) is 3.20. The molecule has 1 aromatic carbocycles. The molecule has 7 nitrogen and oxygen atoms in total. The Kier molecular flexibility index (Phi) is 4.64. The second kappa shape index (κ2) is 6.28. The van der Waals surface area contributed by atoms with Crippen LogP contribution in [0, 0.1) is 10.1 Å². The van der Waals surface area contributed by atoms with Crippen LogP contribution in [0.2, 0.25) is 5.02 Å². The van der Waals surface area contributed by atoms with E-state index in [0.29, 0.717) is 12.2 Å². The van der Waals surface area contributed by atoms with Crippen molar-refractivity contribution in [2.24, 2.45) is 0 Å². The summed E-state index contributed by atoms with van der Waals surface area (Å²) in [5, 5.41) is 11.5. The minimum absolute atomic E-state index is 0.0970. The van der Waals surface area contributed by atoms with Gasteiger partial charge >= 0.3 is 5.97 Å². The molecular formula is C13H15ClN2O5. The summed E-state index contributed by atoms with van der Waals surface area (Å²) in [6.45, 7) is 2.43. The number of carbonyl (C=O) groups is 1. The van der Waals surface area contributed by atoms with E-state index in [0.717, 1.165) is 0 Å². The topological polar surface area (TPSA) is 81.9 Å². The Bertz CT molecular complexity index is 565. The average Bonchev–Trinajstić information content (AvgIpc) is 2.45. The van der Waals surface area contributed by atoms with Crippen molar-refractivity contribution in [1.82, 2.24) is 0 Å². The summed E-state index contributed by atoms with van der Waals surface area (Å²) in [7, 11) is 1.28. The number of nitrogens with zero attached hydrogens (tertiary/aromatic N) is 2. The molecule has 1 fully saturated rings. The van der Waals surface area contributed by atoms with Crippen molar-refractivity contribution in [2.45, 2.75) is 19.1 Å². The molecular weight excluding hydrogens is 300 g/mol. The molecule has 1 aliphatic heterocycles. The van der Waals surface area contributed by atoms with Crippen molar-refractivity contribution in [2.75, 3.05) is 25.1 Å². The smallest absolute Gasteiger partial charge is 0.336 e. The standard InChI is InChI=1S/C13H15ClN2O5/c1-8-6-15(7-12(21-8)13(17)20-2)10-4-3-9(14)5-11(10)16(18)19/h3-5,8,12H,6-7H2,1-2H3/t8-,12?/m1/s1. The van der Waals surface area contributed by atoms with E-state index in [2.05, 4.69) is 4.74 Å². The van der Waals surface area contributed by atoms with E-state index in [-0.39, 0.29) is 23.4 Å². The third kappa shape index (κ3) is 3.43. The van der Waals surface area contributed by atoms with Gasteiger partial charge < -0.3 is 14.4 Å². The molecule has 0 saturated carbocycles. The summed E-state index contributed by atoms with van der Waals surface area (Å²) in [5.41, 5.74) is 0.314. The molecule has 2 atom stereocenters. The van der Waals surface area contributed by atoms with Gasteiger partial charge in [0.2, 0.25) is 0 Å². The molecule has 2 rings (SSSR count). The van der Waals surface area contributed by atoms with E-state index >= 15 is 0 Å². The Balaban J connectivity index is 2.32. The van der Waals surface area contributed by atoms with Crippen molar-refractivity contribution in [3.05, 3.63) is 33.3 Å². The van der Waals surface area contributed by atoms with Gasteiger partial charge in [-0.3, -0.25) is 10.1 Å². The van der Waals surface area contributed by atoms with Gasteiger partial charge in [-0.1, -0.05) is 11.6 Å². The lowest BCUT2D eigenvalue weighted by atomic mass is 10.1. The van der Waals surface area contributed by atoms with Crippen LogP contribution in [0.1, 0.15) is 6.92 Å². The Morgan fingerprint density at radius 1 is 1.52 bits per heavy atom. The van der Waals surface area contributed by atoms with Crippen LogP contribution in [0.5, 0.6) is 0 Å². The van der Waals surface area contributed by atoms with Crippen LogP contribution < -0.4 is 4.90 Å². The Morgan fingerprint density at radius 3 is 2.86 bits per heavy atom. The van der Waals surface area contributed by atoms with E-state index in [9.17, 15) is 14.9 Å². The van der Waals surface area contributed by atoms with Gasteiger partial charge in [-0.15, -0.1) is 0 Å². The number of hydrogen-bond acceptors (Lipinski definition) is 6. The van der Waals surface area contributed by atoms with Gasteiger partial charge in [-0.2, -0.15) is 0 Å². The van der Waals surface area contributed by atoms with Crippen LogP contribution in [-0.4, -0.2) is 43.3 Å². The number of morpholine rings is 1. The molecule has 1 aromatic rings. The van der Waals surface area contributed by atoms with E-state index < -0.39 is 17.0 Å². The maximum absolute atomic E-state index is 11.6. The Hall–Kier alpha value is -1.86. The molecule has 1 saturated heterocycles. The number of nitro benzene ring substituents is 1. The van der Waals surface area contributed by atoms with Crippen molar-refractivity contribution in [3.8, 4) is 0 Å². The fourth-order valence-corrected chi connectivity index (χ4v) is 2.49. The van der Waals surface area contributed by atoms with Gasteiger partial charge in [-0.25, -0.2) is 4.79 Å². The number of esters is 1. The molecule has 1 unspecified atom stereocenters. The number of hydrogen-bond donors (Lipinski definition) is 0. The molecule has 21 heavy (non-hydrogen) atoms. The van der Waals surface area contributed by atoms with Gasteiger partial charge in [0, 0.05) is 17.6 Å². The van der Waals surface area contributed by atoms with E-state index in [1.165, 1.54) is 13.2 Å². The van der Waals surface area contributed by atoms with Crippen molar-refractivity contribution in [3.63, 3.8) is 0 Å². The maximum Gasteiger partial charge on any atom is 0.336 e. The molecule has 0 aromatic heterocycles. The number of ether oxygens (including phenoxy) is 2. The molecule has 0 N–H and O–H groups in total. The van der Waals surface area contributed by atoms with Crippen LogP contribution in [0.15, 0.2) is 18.2 Å². The average molecular weight is 315 g/mol. The highest BCUT2D eigenvalue weighted by Gasteiger charge is 2.33. The lowest BCUT2D eigenvalue weighted by molar-refractivity contribution is -0.384. The van der Waals surface area contributed by atoms with Crippen molar-refractivity contribution < 1.29 is 19.2 Å². The number of methoxy groups -OCH3 is 1. The van der Waals surface area contributed by atoms with Crippen molar-refractivity contribution in [1.29, 1.82) is 0 Å². The number of halogens is 1. The summed E-state index contributed by atoms with van der Waals surface area (Å²) < 4.78 is 10.2. The van der Waals surface area contributed by atoms with Gasteiger partial charge in [-0.05, 0) is 19.1 Å². The summed E-state index contributed by atoms with van der Waals surface area (Å²) >= 11 is 5.81. The van der Waals surface area contributed by atoms with E-state index in [1.807, 2.05) is 0 Å². The highest BCUT2D eigenvalue weighted by atomic mass is 35.5. The number of carbonyl (C=O) groups excluding carboxylic acids is 1. The minimum atomic E-state index is -0.769. The van der Waals surface area contributed by atoms with Gasteiger partial charge in [0.15, 0.2) is 6.10 Å². The van der Waals surface area contributed by atoms with Crippen molar-refractivity contribution >= 4 is 28.9 Å². The zero-order valence-electron chi connectivity index (χ0n) is 11.6. The molecule has 0 bridgehead atoms. The quantitative estimate of drug-likeness (QED) is 0.482. The van der Waals surface area contributed by atoms with Gasteiger partial charge in [0.05, 0.1) is 24.7 Å². The number of rotatable bonds is 3. The first kappa shape index (κ1) is 15.5. The number of nitro groups is 1. The zero-order chi connectivity index (χ0) is 15.6. The molecule has 0 aliphatic carbocycles. The summed E-state index contributed by atoms with van der Waals surface area (Å²) in [6, 6.07) is 4.45. The van der Waals surface area contributed by atoms with E-state index in [4.69, 9.17) is 16.3 Å². The summed E-state index contributed by atoms with van der Waals surface area (Å²) in [5.74, 6) is -0.497. The number of benzene rings is 1. The first-order valence-electron chi connectivity index (χ1n) is 6.34. The van der Waals surface area contributed by atoms with Crippen LogP contribution >= 0.6 is 11.6 Å².